The van der Waals surface area contributed by atoms with E-state index in [0.29, 0.717) is 44.2 Å². The maximum absolute atomic E-state index is 12.6. The van der Waals surface area contributed by atoms with Crippen LogP contribution in [0.3, 0.4) is 0 Å². The Hall–Kier alpha value is -2.52. The zero-order chi connectivity index (χ0) is 19.4. The average Bonchev–Trinajstić information content (AvgIpc) is 2.92. The summed E-state index contributed by atoms with van der Waals surface area (Å²) in [7, 11) is 0. The Bertz CT molecular complexity index is 788. The molecule has 0 aromatic heterocycles. The molecule has 2 heterocycles. The molecule has 2 aliphatic rings. The molecular weight excluding hydrogens is 372 g/mol. The predicted molar refractivity (Wildman–Crippen MR) is 99.4 cm³/mol. The summed E-state index contributed by atoms with van der Waals surface area (Å²) < 4.78 is 10.5. The fraction of sp³-hybridized carbons (Fsp3) is 0.389. The Balaban J connectivity index is 1.72. The van der Waals surface area contributed by atoms with Gasteiger partial charge >= 0.3 is 0 Å². The van der Waals surface area contributed by atoms with E-state index >= 15 is 0 Å². The largest absolute Gasteiger partial charge is 0.504 e. The molecule has 2 fully saturated rings. The van der Waals surface area contributed by atoms with Gasteiger partial charge in [-0.1, -0.05) is 6.07 Å². The van der Waals surface area contributed by atoms with Crippen molar-refractivity contribution in [1.29, 1.82) is 0 Å². The summed E-state index contributed by atoms with van der Waals surface area (Å²) in [4.78, 5) is 39.8. The minimum Gasteiger partial charge on any atom is -0.504 e. The van der Waals surface area contributed by atoms with E-state index in [1.54, 1.807) is 30.0 Å². The van der Waals surface area contributed by atoms with Crippen molar-refractivity contribution in [2.24, 2.45) is 0 Å². The fourth-order valence-electron chi connectivity index (χ4n) is 2.73. The van der Waals surface area contributed by atoms with Crippen LogP contribution in [0, 0.1) is 0 Å². The first-order valence-corrected chi connectivity index (χ1v) is 9.38. The van der Waals surface area contributed by atoms with Crippen molar-refractivity contribution in [2.75, 3.05) is 39.5 Å². The maximum atomic E-state index is 12.6. The lowest BCUT2D eigenvalue weighted by Crippen LogP contribution is -2.46. The van der Waals surface area contributed by atoms with Gasteiger partial charge in [0.15, 0.2) is 11.5 Å². The van der Waals surface area contributed by atoms with Gasteiger partial charge in [0.2, 0.25) is 5.91 Å². The number of benzene rings is 1. The Labute approximate surface area is 160 Å². The third kappa shape index (κ3) is 4.42. The number of rotatable bonds is 5. The van der Waals surface area contributed by atoms with Crippen molar-refractivity contribution in [2.45, 2.75) is 6.92 Å². The first kappa shape index (κ1) is 19.2. The quantitative estimate of drug-likeness (QED) is 0.762. The van der Waals surface area contributed by atoms with Crippen LogP contribution in [-0.4, -0.2) is 71.4 Å². The topological polar surface area (TPSA) is 96.4 Å². The number of thioether (sulfide) groups is 1. The lowest BCUT2D eigenvalue weighted by atomic mass is 10.2. The normalized spacial score (nSPS) is 19.1. The van der Waals surface area contributed by atoms with E-state index in [0.717, 1.165) is 16.7 Å². The number of imide groups is 1. The van der Waals surface area contributed by atoms with Gasteiger partial charge in [-0.15, -0.1) is 0 Å². The molecule has 144 valence electrons. The zero-order valence-electron chi connectivity index (χ0n) is 14.8. The van der Waals surface area contributed by atoms with E-state index in [-0.39, 0.29) is 23.1 Å². The minimum absolute atomic E-state index is 0.00166. The number of carbonyl (C=O) groups is 3. The minimum atomic E-state index is -0.502. The van der Waals surface area contributed by atoms with Crippen LogP contribution in [0.25, 0.3) is 6.08 Å². The van der Waals surface area contributed by atoms with Crippen molar-refractivity contribution in [3.63, 3.8) is 0 Å². The number of phenolic OH excluding ortho intramolecular Hbond substituents is 1. The molecule has 0 bridgehead atoms. The smallest absolute Gasteiger partial charge is 0.294 e. The highest BCUT2D eigenvalue weighted by atomic mass is 32.2. The highest BCUT2D eigenvalue weighted by Gasteiger charge is 2.37. The van der Waals surface area contributed by atoms with E-state index in [9.17, 15) is 19.5 Å². The number of morpholine rings is 1. The summed E-state index contributed by atoms with van der Waals surface area (Å²) in [6.07, 6.45) is 1.55. The van der Waals surface area contributed by atoms with Crippen LogP contribution < -0.4 is 4.74 Å². The van der Waals surface area contributed by atoms with Crippen molar-refractivity contribution < 1.29 is 29.0 Å². The molecule has 0 unspecified atom stereocenters. The summed E-state index contributed by atoms with van der Waals surface area (Å²) in [5.74, 6) is -0.478. The fourth-order valence-corrected chi connectivity index (χ4v) is 3.57. The molecule has 0 radical (unpaired) electrons. The Morgan fingerprint density at radius 2 is 2.07 bits per heavy atom. The maximum Gasteiger partial charge on any atom is 0.294 e. The van der Waals surface area contributed by atoms with Crippen molar-refractivity contribution in [3.8, 4) is 11.5 Å². The van der Waals surface area contributed by atoms with Gasteiger partial charge in [0, 0.05) is 13.1 Å². The zero-order valence-corrected chi connectivity index (χ0v) is 15.7. The van der Waals surface area contributed by atoms with Gasteiger partial charge in [-0.3, -0.25) is 19.3 Å². The molecule has 2 aliphatic heterocycles. The molecule has 0 saturated carbocycles. The van der Waals surface area contributed by atoms with Crippen LogP contribution >= 0.6 is 11.8 Å². The van der Waals surface area contributed by atoms with Crippen LogP contribution in [0.4, 0.5) is 4.79 Å². The molecule has 0 atom stereocenters. The first-order valence-electron chi connectivity index (χ1n) is 8.56. The van der Waals surface area contributed by atoms with E-state index in [1.165, 1.54) is 6.07 Å². The summed E-state index contributed by atoms with van der Waals surface area (Å²) in [5.41, 5.74) is 0.612. The number of carbonyl (C=O) groups excluding carboxylic acids is 3. The SMILES string of the molecule is CCOc1cc(/C=C2/SC(=O)N(CC(=O)N3CCOCC3)C2=O)ccc1O. The Morgan fingerprint density at radius 3 is 2.78 bits per heavy atom. The lowest BCUT2D eigenvalue weighted by Gasteiger charge is -2.28. The molecule has 3 amide bonds. The summed E-state index contributed by atoms with van der Waals surface area (Å²) in [6.45, 7) is 3.73. The van der Waals surface area contributed by atoms with Crippen molar-refractivity contribution >= 4 is 34.9 Å². The second-order valence-electron chi connectivity index (χ2n) is 5.92. The van der Waals surface area contributed by atoms with Gasteiger partial charge in [-0.05, 0) is 42.5 Å². The van der Waals surface area contributed by atoms with Crippen LogP contribution in [-0.2, 0) is 14.3 Å². The molecule has 1 aromatic carbocycles. The molecule has 1 N–H and O–H groups in total. The highest BCUT2D eigenvalue weighted by molar-refractivity contribution is 8.18. The van der Waals surface area contributed by atoms with E-state index in [1.807, 2.05) is 0 Å². The molecule has 0 aliphatic carbocycles. The first-order chi connectivity index (χ1) is 13.0. The Kier molecular flexibility index (Phi) is 6.02. The van der Waals surface area contributed by atoms with Crippen LogP contribution in [0.15, 0.2) is 23.1 Å². The summed E-state index contributed by atoms with van der Waals surface area (Å²) in [6, 6.07) is 4.67. The number of hydrogen-bond acceptors (Lipinski definition) is 7. The number of hydrogen-bond donors (Lipinski definition) is 1. The summed E-state index contributed by atoms with van der Waals surface area (Å²) in [5, 5.41) is 9.28. The van der Waals surface area contributed by atoms with Crippen LogP contribution in [0.1, 0.15) is 12.5 Å². The number of nitrogens with zero attached hydrogens (tertiary/aromatic N) is 2. The molecule has 27 heavy (non-hydrogen) atoms. The third-order valence-corrected chi connectivity index (χ3v) is 5.02. The van der Waals surface area contributed by atoms with Gasteiger partial charge in [-0.25, -0.2) is 0 Å². The van der Waals surface area contributed by atoms with Gasteiger partial charge in [0.1, 0.15) is 6.54 Å². The molecule has 2 saturated heterocycles. The lowest BCUT2D eigenvalue weighted by molar-refractivity contribution is -0.139. The monoisotopic (exact) mass is 392 g/mol. The number of ether oxygens (including phenoxy) is 2. The molecule has 1 aromatic rings. The number of amides is 3. The molecule has 8 nitrogen and oxygen atoms in total. The predicted octanol–water partition coefficient (Wildman–Crippen LogP) is 1.69. The van der Waals surface area contributed by atoms with Gasteiger partial charge in [0.05, 0.1) is 24.7 Å². The molecule has 0 spiro atoms. The van der Waals surface area contributed by atoms with Crippen LogP contribution in [0.2, 0.25) is 0 Å². The second-order valence-corrected chi connectivity index (χ2v) is 6.91. The highest BCUT2D eigenvalue weighted by Crippen LogP contribution is 2.34. The standard InChI is InChI=1S/C18H20N2O6S/c1-2-26-14-9-12(3-4-13(14)21)10-15-17(23)20(18(24)27-15)11-16(22)19-5-7-25-8-6-19/h3-4,9-10,21H,2,5-8,11H2,1H3/b15-10+. The van der Waals surface area contributed by atoms with Crippen molar-refractivity contribution in [1.82, 2.24) is 9.80 Å². The number of phenols is 1. The average molecular weight is 392 g/mol. The van der Waals surface area contributed by atoms with Gasteiger partial charge in [0.25, 0.3) is 11.1 Å². The van der Waals surface area contributed by atoms with Gasteiger partial charge < -0.3 is 19.5 Å². The van der Waals surface area contributed by atoms with E-state index < -0.39 is 11.1 Å². The van der Waals surface area contributed by atoms with E-state index in [4.69, 9.17) is 9.47 Å². The Morgan fingerprint density at radius 1 is 1.33 bits per heavy atom. The van der Waals surface area contributed by atoms with Crippen molar-refractivity contribution in [3.05, 3.63) is 28.7 Å². The molecule has 9 heteroatoms. The van der Waals surface area contributed by atoms with Gasteiger partial charge in [-0.2, -0.15) is 0 Å². The number of aromatic hydroxyl groups is 1. The molecular formula is C18H20N2O6S. The molecule has 3 rings (SSSR count). The second kappa shape index (κ2) is 8.45. The van der Waals surface area contributed by atoms with E-state index in [2.05, 4.69) is 0 Å². The van der Waals surface area contributed by atoms with Crippen LogP contribution in [0.5, 0.6) is 11.5 Å². The summed E-state index contributed by atoms with van der Waals surface area (Å²) >= 11 is 0.788. The third-order valence-electron chi connectivity index (χ3n) is 4.11.